The molecule has 2 atom stereocenters. The number of rotatable bonds is 7. The van der Waals surface area contributed by atoms with E-state index < -0.39 is 33.7 Å². The number of hydrogen-bond donors (Lipinski definition) is 2. The molecule has 2 aliphatic rings. The fourth-order valence-electron chi connectivity index (χ4n) is 4.66. The van der Waals surface area contributed by atoms with E-state index in [9.17, 15) is 17.6 Å². The maximum absolute atomic E-state index is 14.8. The van der Waals surface area contributed by atoms with E-state index in [2.05, 4.69) is 14.9 Å². The van der Waals surface area contributed by atoms with Crippen molar-refractivity contribution in [1.82, 2.24) is 19.2 Å². The third-order valence-corrected chi connectivity index (χ3v) is 8.41. The largest absolute Gasteiger partial charge is 0.434 e. The van der Waals surface area contributed by atoms with Crippen molar-refractivity contribution in [3.05, 3.63) is 51.1 Å². The first-order chi connectivity index (χ1) is 14.7. The number of halogens is 1. The van der Waals surface area contributed by atoms with Crippen molar-refractivity contribution in [1.29, 1.82) is 0 Å². The van der Waals surface area contributed by atoms with Crippen LogP contribution in [0.25, 0.3) is 0 Å². The highest BCUT2D eigenvalue weighted by molar-refractivity contribution is 7.87. The molecule has 1 aromatic carbocycles. The monoisotopic (exact) mass is 452 g/mol. The zero-order valence-corrected chi connectivity index (χ0v) is 18.8. The zero-order valence-electron chi connectivity index (χ0n) is 18.0. The Labute approximate surface area is 181 Å². The van der Waals surface area contributed by atoms with E-state index in [0.29, 0.717) is 24.6 Å². The van der Waals surface area contributed by atoms with E-state index in [-0.39, 0.29) is 5.89 Å². The summed E-state index contributed by atoms with van der Waals surface area (Å²) in [7, 11) is -3.89. The van der Waals surface area contributed by atoms with Crippen molar-refractivity contribution in [3.63, 3.8) is 0 Å². The average molecular weight is 453 g/mol. The van der Waals surface area contributed by atoms with Gasteiger partial charge in [0.25, 0.3) is 10.2 Å². The summed E-state index contributed by atoms with van der Waals surface area (Å²) in [4.78, 5) is 11.6. The van der Waals surface area contributed by atoms with Crippen molar-refractivity contribution in [2.45, 2.75) is 58.4 Å². The van der Waals surface area contributed by atoms with Gasteiger partial charge in [0.2, 0.25) is 5.89 Å². The summed E-state index contributed by atoms with van der Waals surface area (Å²) < 4.78 is 50.3. The van der Waals surface area contributed by atoms with Gasteiger partial charge < -0.3 is 4.42 Å². The normalized spacial score (nSPS) is 20.6. The van der Waals surface area contributed by atoms with Crippen LogP contribution in [0.2, 0.25) is 0 Å². The summed E-state index contributed by atoms with van der Waals surface area (Å²) in [5.41, 5.74) is 1.97. The molecule has 0 radical (unpaired) electrons. The molecule has 4 rings (SSSR count). The number of aryl methyl sites for hydroxylation is 1. The predicted octanol–water partition coefficient (Wildman–Crippen LogP) is 2.92. The van der Waals surface area contributed by atoms with Gasteiger partial charge in [-0.2, -0.15) is 17.4 Å². The number of aromatic nitrogens is 2. The van der Waals surface area contributed by atoms with Gasteiger partial charge in [-0.05, 0) is 74.1 Å². The lowest BCUT2D eigenvalue weighted by atomic mass is 9.88. The summed E-state index contributed by atoms with van der Waals surface area (Å²) in [5, 5.41) is 6.02. The maximum Gasteiger partial charge on any atom is 0.434 e. The maximum atomic E-state index is 14.8. The Balaban J connectivity index is 1.61. The fraction of sp³-hybridized carbons (Fsp3) is 0.619. The lowest BCUT2D eigenvalue weighted by molar-refractivity contribution is 0.248. The molecule has 1 aliphatic carbocycles. The van der Waals surface area contributed by atoms with Gasteiger partial charge in [0, 0.05) is 19.0 Å². The molecule has 1 saturated heterocycles. The second-order valence-corrected chi connectivity index (χ2v) is 10.5. The number of H-pyrrole nitrogens is 1. The van der Waals surface area contributed by atoms with Gasteiger partial charge in [0.05, 0.1) is 0 Å². The van der Waals surface area contributed by atoms with Crippen LogP contribution < -0.4 is 10.5 Å². The summed E-state index contributed by atoms with van der Waals surface area (Å²) in [5.74, 6) is -0.675. The molecule has 10 heteroatoms. The molecule has 1 aliphatic heterocycles. The third-order valence-electron chi connectivity index (χ3n) is 6.81. The Kier molecular flexibility index (Phi) is 6.06. The van der Waals surface area contributed by atoms with Crippen molar-refractivity contribution in [2.75, 3.05) is 13.1 Å². The molecule has 0 bridgehead atoms. The lowest BCUT2D eigenvalue weighted by Gasteiger charge is -2.33. The summed E-state index contributed by atoms with van der Waals surface area (Å²) in [6.07, 6.45) is 4.17. The summed E-state index contributed by atoms with van der Waals surface area (Å²) in [6.45, 7) is 6.24. The molecule has 170 valence electrons. The second-order valence-electron chi connectivity index (χ2n) is 8.82. The molecular formula is C21H29FN4O4S. The molecule has 1 aromatic heterocycles. The quantitative estimate of drug-likeness (QED) is 0.672. The van der Waals surface area contributed by atoms with E-state index in [1.165, 1.54) is 23.2 Å². The minimum absolute atomic E-state index is 0.116. The molecular weight excluding hydrogens is 423 g/mol. The van der Waals surface area contributed by atoms with E-state index in [1.54, 1.807) is 19.9 Å². The van der Waals surface area contributed by atoms with Crippen LogP contribution in [0.4, 0.5) is 4.39 Å². The van der Waals surface area contributed by atoms with Crippen molar-refractivity contribution < 1.29 is 17.2 Å². The number of aromatic amines is 1. The number of piperidine rings is 1. The summed E-state index contributed by atoms with van der Waals surface area (Å²) >= 11 is 0. The van der Waals surface area contributed by atoms with Crippen molar-refractivity contribution in [2.24, 2.45) is 11.8 Å². The molecule has 1 saturated carbocycles. The van der Waals surface area contributed by atoms with E-state index in [1.807, 2.05) is 6.92 Å². The van der Waals surface area contributed by atoms with Crippen LogP contribution in [0.1, 0.15) is 67.1 Å². The molecule has 2 N–H and O–H groups in total. The Morgan fingerprint density at radius 1 is 1.19 bits per heavy atom. The number of nitrogens with one attached hydrogen (secondary N) is 2. The minimum atomic E-state index is -3.89. The highest BCUT2D eigenvalue weighted by atomic mass is 32.2. The van der Waals surface area contributed by atoms with E-state index >= 15 is 0 Å². The van der Waals surface area contributed by atoms with E-state index in [0.717, 1.165) is 29.9 Å². The Bertz CT molecular complexity index is 1100. The first-order valence-corrected chi connectivity index (χ1v) is 12.2. The smallest absolute Gasteiger partial charge is 0.391 e. The zero-order chi connectivity index (χ0) is 22.3. The molecule has 1 unspecified atom stereocenters. The molecule has 2 aromatic rings. The first-order valence-electron chi connectivity index (χ1n) is 10.8. The van der Waals surface area contributed by atoms with Gasteiger partial charge in [0.1, 0.15) is 11.9 Å². The van der Waals surface area contributed by atoms with Gasteiger partial charge in [0.15, 0.2) is 0 Å². The number of benzene rings is 1. The van der Waals surface area contributed by atoms with Gasteiger partial charge in [-0.15, -0.1) is 5.10 Å². The highest BCUT2D eigenvalue weighted by Gasteiger charge is 2.39. The number of hydrogen-bond acceptors (Lipinski definition) is 5. The van der Waals surface area contributed by atoms with Crippen LogP contribution in [0, 0.1) is 31.5 Å². The second kappa shape index (κ2) is 8.48. The fourth-order valence-corrected chi connectivity index (χ4v) is 6.13. The van der Waals surface area contributed by atoms with Gasteiger partial charge >= 0.3 is 5.76 Å². The highest BCUT2D eigenvalue weighted by Crippen LogP contribution is 2.42. The van der Waals surface area contributed by atoms with Crippen LogP contribution in [-0.2, 0) is 10.2 Å². The Hall–Kier alpha value is -2.04. The topological polar surface area (TPSA) is 108 Å². The Morgan fingerprint density at radius 3 is 2.42 bits per heavy atom. The SMILES string of the molecule is Cc1ccc(F)c(C(C)[C@H](NS(=O)(=O)N2CCC(C3CC3)CC2)c2n[nH]c(=O)o2)c1C. The van der Waals surface area contributed by atoms with Crippen LogP contribution in [-0.4, -0.2) is 36.0 Å². The molecule has 0 spiro atoms. The van der Waals surface area contributed by atoms with Crippen LogP contribution in [0.3, 0.4) is 0 Å². The lowest BCUT2D eigenvalue weighted by Crippen LogP contribution is -2.47. The van der Waals surface area contributed by atoms with Crippen molar-refractivity contribution in [3.8, 4) is 0 Å². The van der Waals surface area contributed by atoms with Crippen LogP contribution >= 0.6 is 0 Å². The van der Waals surface area contributed by atoms with Gasteiger partial charge in [-0.3, -0.25) is 0 Å². The van der Waals surface area contributed by atoms with Crippen molar-refractivity contribution >= 4 is 10.2 Å². The van der Waals surface area contributed by atoms with Crippen LogP contribution in [0.5, 0.6) is 0 Å². The molecule has 0 amide bonds. The third kappa shape index (κ3) is 4.61. The van der Waals surface area contributed by atoms with Gasteiger partial charge in [-0.1, -0.05) is 13.0 Å². The number of nitrogens with zero attached hydrogens (tertiary/aromatic N) is 2. The molecule has 2 fully saturated rings. The molecule has 2 heterocycles. The first kappa shape index (κ1) is 22.2. The standard InChI is InChI=1S/C21H29FN4O4S/c1-12-4-7-17(22)18(13(12)2)14(3)19(20-23-24-21(27)30-20)25-31(28,29)26-10-8-16(9-11-26)15-5-6-15/h4,7,14-16,19,25H,5-6,8-11H2,1-3H3,(H,24,27)/t14?,19-/m0/s1. The average Bonchev–Trinajstić information content (AvgIpc) is 3.50. The Morgan fingerprint density at radius 2 is 1.84 bits per heavy atom. The summed E-state index contributed by atoms with van der Waals surface area (Å²) in [6, 6.07) is 2.00. The predicted molar refractivity (Wildman–Crippen MR) is 113 cm³/mol. The van der Waals surface area contributed by atoms with Crippen LogP contribution in [0.15, 0.2) is 21.3 Å². The molecule has 8 nitrogen and oxygen atoms in total. The van der Waals surface area contributed by atoms with E-state index in [4.69, 9.17) is 4.42 Å². The molecule has 31 heavy (non-hydrogen) atoms. The van der Waals surface area contributed by atoms with Gasteiger partial charge in [-0.25, -0.2) is 14.3 Å². The minimum Gasteiger partial charge on any atom is -0.391 e.